The Labute approximate surface area is 264 Å². The topological polar surface area (TPSA) is 271 Å². The number of hydrogen-bond acceptors (Lipinski definition) is 14. The van der Waals surface area contributed by atoms with Gasteiger partial charge in [0.15, 0.2) is 5.75 Å². The Balaban J connectivity index is 1.50. The number of aromatic nitrogens is 3. The predicted molar refractivity (Wildman–Crippen MR) is 164 cm³/mol. The summed E-state index contributed by atoms with van der Waals surface area (Å²) in [6.45, 7) is 0. The number of aromatic hydroxyl groups is 1. The Bertz CT molecular complexity index is 2390. The highest BCUT2D eigenvalue weighted by atomic mass is 35.5. The SMILES string of the molecule is O=S(=O)(O)c1cccc(Nc2nc(Cl)nc(Nc3ccc4c(O)c(N=Nc5ccccc5S(=O)(=O)O)c(S(=O)(=O)O)cc4c3)n2)c1. The first kappa shape index (κ1) is 32.6. The van der Waals surface area contributed by atoms with Crippen molar-refractivity contribution in [3.8, 4) is 5.75 Å². The number of azo groups is 1. The van der Waals surface area contributed by atoms with E-state index >= 15 is 0 Å². The molecule has 0 aliphatic heterocycles. The number of nitrogens with zero attached hydrogens (tertiary/aromatic N) is 5. The van der Waals surface area contributed by atoms with Crippen molar-refractivity contribution in [3.05, 3.63) is 78.1 Å². The lowest BCUT2D eigenvalue weighted by Gasteiger charge is -2.12. The molecule has 0 spiro atoms. The average Bonchev–Trinajstić information content (AvgIpc) is 2.95. The smallest absolute Gasteiger partial charge is 0.296 e. The van der Waals surface area contributed by atoms with Crippen molar-refractivity contribution < 1.29 is 44.0 Å². The summed E-state index contributed by atoms with van der Waals surface area (Å²) in [4.78, 5) is 10.1. The van der Waals surface area contributed by atoms with Crippen LogP contribution < -0.4 is 10.6 Å². The molecular weight excluding hydrogens is 690 g/mol. The maximum atomic E-state index is 12.3. The van der Waals surface area contributed by atoms with E-state index in [1.807, 2.05) is 0 Å². The lowest BCUT2D eigenvalue weighted by molar-refractivity contribution is 0.472. The van der Waals surface area contributed by atoms with E-state index in [1.54, 1.807) is 0 Å². The molecule has 0 bridgehead atoms. The fraction of sp³-hybridized carbons (Fsp3) is 0. The van der Waals surface area contributed by atoms with E-state index in [2.05, 4.69) is 35.8 Å². The Morgan fingerprint density at radius 2 is 1.28 bits per heavy atom. The second-order valence-electron chi connectivity index (χ2n) is 9.13. The fourth-order valence-electron chi connectivity index (χ4n) is 4.04. The maximum absolute atomic E-state index is 12.3. The van der Waals surface area contributed by atoms with Crippen LogP contribution >= 0.6 is 11.6 Å². The van der Waals surface area contributed by atoms with E-state index in [0.717, 1.165) is 18.2 Å². The Morgan fingerprint density at radius 1 is 0.652 bits per heavy atom. The molecule has 0 saturated heterocycles. The number of halogens is 1. The molecule has 1 heterocycles. The highest BCUT2D eigenvalue weighted by Crippen LogP contribution is 2.42. The molecule has 0 saturated carbocycles. The van der Waals surface area contributed by atoms with Gasteiger partial charge in [0.05, 0.1) is 4.90 Å². The normalized spacial score (nSPS) is 12.4. The highest BCUT2D eigenvalue weighted by molar-refractivity contribution is 7.86. The molecule has 46 heavy (non-hydrogen) atoms. The zero-order valence-corrected chi connectivity index (χ0v) is 25.7. The molecule has 6 N–H and O–H groups in total. The Hall–Kier alpha value is -4.83. The summed E-state index contributed by atoms with van der Waals surface area (Å²) >= 11 is 6.03. The van der Waals surface area contributed by atoms with E-state index in [-0.39, 0.29) is 49.9 Å². The number of fused-ring (bicyclic) bond motifs is 1. The molecule has 0 radical (unpaired) electrons. The second-order valence-corrected chi connectivity index (χ2v) is 13.7. The summed E-state index contributed by atoms with van der Waals surface area (Å²) in [5.74, 6) is -0.964. The first-order chi connectivity index (χ1) is 21.5. The summed E-state index contributed by atoms with van der Waals surface area (Å²) in [6, 6.07) is 15.2. The second kappa shape index (κ2) is 12.2. The minimum Gasteiger partial charge on any atom is -0.505 e. The molecule has 5 aromatic rings. The third kappa shape index (κ3) is 7.34. The van der Waals surface area contributed by atoms with Crippen LogP contribution in [0.2, 0.25) is 5.28 Å². The predicted octanol–water partition coefficient (Wildman–Crippen LogP) is 5.03. The lowest BCUT2D eigenvalue weighted by atomic mass is 10.1. The van der Waals surface area contributed by atoms with E-state index in [0.29, 0.717) is 0 Å². The summed E-state index contributed by atoms with van der Waals surface area (Å²) < 4.78 is 99.4. The number of rotatable bonds is 9. The van der Waals surface area contributed by atoms with Gasteiger partial charge in [-0.3, -0.25) is 13.7 Å². The molecule has 21 heteroatoms. The minimum absolute atomic E-state index is 0.0460. The summed E-state index contributed by atoms with van der Waals surface area (Å²) in [7, 11) is -14.2. The van der Waals surface area contributed by atoms with Gasteiger partial charge in [-0.2, -0.15) is 40.2 Å². The number of nitrogens with one attached hydrogen (secondary N) is 2. The van der Waals surface area contributed by atoms with Crippen LogP contribution in [-0.2, 0) is 30.4 Å². The summed E-state index contributed by atoms with van der Waals surface area (Å²) in [5.41, 5.74) is -0.650. The zero-order valence-electron chi connectivity index (χ0n) is 22.5. The molecular formula is C25H18ClN7O10S3. The van der Waals surface area contributed by atoms with Crippen LogP contribution in [0.25, 0.3) is 10.8 Å². The zero-order chi connectivity index (χ0) is 33.4. The van der Waals surface area contributed by atoms with E-state index in [1.165, 1.54) is 54.6 Å². The first-order valence-electron chi connectivity index (χ1n) is 12.3. The van der Waals surface area contributed by atoms with Gasteiger partial charge in [0.2, 0.25) is 17.2 Å². The number of hydrogen-bond donors (Lipinski definition) is 6. The van der Waals surface area contributed by atoms with Gasteiger partial charge in [-0.05, 0) is 71.6 Å². The lowest BCUT2D eigenvalue weighted by Crippen LogP contribution is -2.05. The molecule has 5 rings (SSSR count). The van der Waals surface area contributed by atoms with Gasteiger partial charge in [-0.1, -0.05) is 18.2 Å². The van der Waals surface area contributed by atoms with Crippen LogP contribution in [0.1, 0.15) is 0 Å². The molecule has 0 amide bonds. The van der Waals surface area contributed by atoms with Gasteiger partial charge in [0.25, 0.3) is 30.4 Å². The van der Waals surface area contributed by atoms with Crippen LogP contribution in [0.4, 0.5) is 34.6 Å². The average molecular weight is 708 g/mol. The van der Waals surface area contributed by atoms with E-state index in [4.69, 9.17) is 11.6 Å². The molecule has 0 aliphatic carbocycles. The van der Waals surface area contributed by atoms with Crippen LogP contribution in [0.15, 0.2) is 97.7 Å². The van der Waals surface area contributed by atoms with E-state index < -0.39 is 51.6 Å². The van der Waals surface area contributed by atoms with Gasteiger partial charge in [0, 0.05) is 16.8 Å². The molecule has 238 valence electrons. The number of phenols is 1. The van der Waals surface area contributed by atoms with Crippen LogP contribution in [0.3, 0.4) is 0 Å². The largest absolute Gasteiger partial charge is 0.505 e. The third-order valence-electron chi connectivity index (χ3n) is 5.98. The molecule has 0 fully saturated rings. The van der Waals surface area contributed by atoms with Gasteiger partial charge in [0.1, 0.15) is 21.2 Å². The van der Waals surface area contributed by atoms with E-state index in [9.17, 15) is 44.0 Å². The van der Waals surface area contributed by atoms with Crippen molar-refractivity contribution in [3.63, 3.8) is 0 Å². The minimum atomic E-state index is -5.03. The molecule has 4 aromatic carbocycles. The molecule has 0 aliphatic rings. The molecule has 0 unspecified atom stereocenters. The molecule has 17 nitrogen and oxygen atoms in total. The van der Waals surface area contributed by atoms with Crippen molar-refractivity contribution in [2.75, 3.05) is 10.6 Å². The maximum Gasteiger partial charge on any atom is 0.296 e. The van der Waals surface area contributed by atoms with Crippen molar-refractivity contribution in [1.29, 1.82) is 0 Å². The van der Waals surface area contributed by atoms with Gasteiger partial charge in [-0.25, -0.2) is 0 Å². The number of benzene rings is 4. The van der Waals surface area contributed by atoms with Crippen molar-refractivity contribution in [1.82, 2.24) is 15.0 Å². The van der Waals surface area contributed by atoms with Crippen LogP contribution in [0.5, 0.6) is 5.75 Å². The highest BCUT2D eigenvalue weighted by Gasteiger charge is 2.23. The van der Waals surface area contributed by atoms with Crippen molar-refractivity contribution in [2.45, 2.75) is 14.7 Å². The third-order valence-corrected chi connectivity index (χ3v) is 8.77. The Kier molecular flexibility index (Phi) is 8.61. The summed E-state index contributed by atoms with van der Waals surface area (Å²) in [5, 5.41) is 23.7. The summed E-state index contributed by atoms with van der Waals surface area (Å²) in [6.07, 6.45) is 0. The molecule has 1 aromatic heterocycles. The monoisotopic (exact) mass is 707 g/mol. The van der Waals surface area contributed by atoms with Gasteiger partial charge < -0.3 is 15.7 Å². The van der Waals surface area contributed by atoms with Gasteiger partial charge >= 0.3 is 0 Å². The standard InChI is InChI=1S/C25H18ClN7O10S3/c26-23-29-24(27-14-4-3-5-16(12-14)44(35,36)37)31-25(30-23)28-15-8-9-17-13(10-15)11-20(46(41,42)43)21(22(17)34)33-32-18-6-1-2-7-19(18)45(38,39)40/h1-12,34H,(H,35,36,37)(H,38,39,40)(H,41,42,43)(H2,27,28,29,30,31). The van der Waals surface area contributed by atoms with Crippen molar-refractivity contribution in [2.24, 2.45) is 10.2 Å². The quantitative estimate of drug-likeness (QED) is 0.0866. The molecule has 0 atom stereocenters. The Morgan fingerprint density at radius 3 is 1.91 bits per heavy atom. The number of anilines is 4. The fourth-order valence-corrected chi connectivity index (χ4v) is 6.01. The van der Waals surface area contributed by atoms with Gasteiger partial charge in [-0.15, -0.1) is 10.2 Å². The van der Waals surface area contributed by atoms with Crippen molar-refractivity contribution >= 4 is 87.4 Å². The van der Waals surface area contributed by atoms with Crippen LogP contribution in [0, 0.1) is 0 Å². The first-order valence-corrected chi connectivity index (χ1v) is 17.0. The number of phenolic OH excluding ortho intramolecular Hbond substituents is 1. The van der Waals surface area contributed by atoms with Crippen LogP contribution in [-0.4, -0.2) is 59.0 Å².